The van der Waals surface area contributed by atoms with Gasteiger partial charge in [-0.2, -0.15) is 0 Å². The van der Waals surface area contributed by atoms with Crippen molar-refractivity contribution in [2.75, 3.05) is 31.5 Å². The fourth-order valence-corrected chi connectivity index (χ4v) is 2.56. The maximum Gasteiger partial charge on any atom is 0.272 e. The zero-order valence-corrected chi connectivity index (χ0v) is 13.5. The third-order valence-electron chi connectivity index (χ3n) is 4.02. The average molecular weight is 325 g/mol. The maximum atomic E-state index is 12.6. The number of anilines is 2. The van der Waals surface area contributed by atoms with Gasteiger partial charge in [-0.05, 0) is 24.6 Å². The molecule has 7 heteroatoms. The Morgan fingerprint density at radius 2 is 1.92 bits per heavy atom. The Kier molecular flexibility index (Phi) is 4.69. The highest BCUT2D eigenvalue weighted by atomic mass is 16.2. The van der Waals surface area contributed by atoms with E-state index in [0.29, 0.717) is 37.8 Å². The first-order valence-electron chi connectivity index (χ1n) is 7.81. The van der Waals surface area contributed by atoms with Crippen molar-refractivity contribution in [1.82, 2.24) is 19.8 Å². The lowest BCUT2D eigenvalue weighted by Gasteiger charge is -2.32. The van der Waals surface area contributed by atoms with Crippen molar-refractivity contribution < 1.29 is 9.59 Å². The van der Waals surface area contributed by atoms with E-state index >= 15 is 0 Å². The van der Waals surface area contributed by atoms with Crippen LogP contribution in [0.1, 0.15) is 16.1 Å². The van der Waals surface area contributed by atoms with Crippen LogP contribution in [0.4, 0.5) is 11.6 Å². The Balaban J connectivity index is 1.72. The second-order valence-corrected chi connectivity index (χ2v) is 5.64. The number of nitrogens with zero attached hydrogens (tertiary/aromatic N) is 4. The summed E-state index contributed by atoms with van der Waals surface area (Å²) in [5.74, 6) is 0.248. The molecule has 2 amide bonds. The zero-order chi connectivity index (χ0) is 16.9. The molecular weight excluding hydrogens is 306 g/mol. The van der Waals surface area contributed by atoms with E-state index in [1.54, 1.807) is 22.1 Å². The molecule has 2 aromatic rings. The van der Waals surface area contributed by atoms with Gasteiger partial charge >= 0.3 is 0 Å². The van der Waals surface area contributed by atoms with Crippen LogP contribution in [-0.4, -0.2) is 58.3 Å². The molecule has 1 N–H and O–H groups in total. The van der Waals surface area contributed by atoms with Crippen LogP contribution in [-0.2, 0) is 4.79 Å². The van der Waals surface area contributed by atoms with E-state index in [4.69, 9.17) is 0 Å². The van der Waals surface area contributed by atoms with Crippen LogP contribution < -0.4 is 5.32 Å². The standard InChI is InChI=1S/C17H19N5O2/c1-13-4-2-3-5-14(13)19-17-18-7-6-15(20-17)16(24)22-10-8-21(12-23)9-11-22/h2-7,12H,8-11H2,1H3,(H,18,19,20). The van der Waals surface area contributed by atoms with Crippen LogP contribution in [0, 0.1) is 6.92 Å². The molecule has 1 aliphatic heterocycles. The summed E-state index contributed by atoms with van der Waals surface area (Å²) in [5, 5.41) is 3.14. The topological polar surface area (TPSA) is 78.4 Å². The van der Waals surface area contributed by atoms with Gasteiger partial charge in [-0.25, -0.2) is 9.97 Å². The number of hydrogen-bond acceptors (Lipinski definition) is 5. The molecule has 1 aromatic carbocycles. The number of benzene rings is 1. The van der Waals surface area contributed by atoms with Crippen molar-refractivity contribution in [3.05, 3.63) is 47.8 Å². The molecule has 2 heterocycles. The fraction of sp³-hybridized carbons (Fsp3) is 0.294. The largest absolute Gasteiger partial charge is 0.342 e. The number of rotatable bonds is 4. The number of para-hydroxylation sites is 1. The Morgan fingerprint density at radius 3 is 2.62 bits per heavy atom. The van der Waals surface area contributed by atoms with Gasteiger partial charge in [0.1, 0.15) is 5.69 Å². The van der Waals surface area contributed by atoms with Gasteiger partial charge in [0.2, 0.25) is 12.4 Å². The summed E-state index contributed by atoms with van der Waals surface area (Å²) in [5.41, 5.74) is 2.32. The highest BCUT2D eigenvalue weighted by Gasteiger charge is 2.22. The Morgan fingerprint density at radius 1 is 1.17 bits per heavy atom. The average Bonchev–Trinajstić information content (AvgIpc) is 2.63. The molecule has 0 bridgehead atoms. The molecule has 0 aliphatic carbocycles. The summed E-state index contributed by atoms with van der Waals surface area (Å²) in [6.45, 7) is 4.12. The van der Waals surface area contributed by atoms with Gasteiger partial charge < -0.3 is 15.1 Å². The number of carbonyl (C=O) groups is 2. The summed E-state index contributed by atoms with van der Waals surface area (Å²) >= 11 is 0. The van der Waals surface area contributed by atoms with Crippen molar-refractivity contribution in [2.24, 2.45) is 0 Å². The SMILES string of the molecule is Cc1ccccc1Nc1nccc(C(=O)N2CCN(C=O)CC2)n1. The molecule has 124 valence electrons. The number of piperazine rings is 1. The van der Waals surface area contributed by atoms with Gasteiger partial charge in [0.05, 0.1) is 0 Å². The van der Waals surface area contributed by atoms with Gasteiger partial charge in [-0.1, -0.05) is 18.2 Å². The van der Waals surface area contributed by atoms with Gasteiger partial charge in [-0.15, -0.1) is 0 Å². The third kappa shape index (κ3) is 3.51. The molecule has 0 atom stereocenters. The molecule has 7 nitrogen and oxygen atoms in total. The number of carbonyl (C=O) groups excluding carboxylic acids is 2. The molecule has 1 aliphatic rings. The summed E-state index contributed by atoms with van der Waals surface area (Å²) in [7, 11) is 0. The van der Waals surface area contributed by atoms with Crippen molar-refractivity contribution >= 4 is 24.0 Å². The van der Waals surface area contributed by atoms with Crippen LogP contribution in [0.3, 0.4) is 0 Å². The van der Waals surface area contributed by atoms with Crippen molar-refractivity contribution in [1.29, 1.82) is 0 Å². The monoisotopic (exact) mass is 325 g/mol. The van der Waals surface area contributed by atoms with Crippen LogP contribution in [0.2, 0.25) is 0 Å². The number of aryl methyl sites for hydroxylation is 1. The number of hydrogen-bond donors (Lipinski definition) is 1. The molecule has 0 spiro atoms. The van der Waals surface area contributed by atoms with Gasteiger partial charge in [0, 0.05) is 38.1 Å². The molecule has 24 heavy (non-hydrogen) atoms. The first-order chi connectivity index (χ1) is 11.7. The Hall–Kier alpha value is -2.96. The van der Waals surface area contributed by atoms with Crippen molar-refractivity contribution in [3.63, 3.8) is 0 Å². The van der Waals surface area contributed by atoms with E-state index < -0.39 is 0 Å². The van der Waals surface area contributed by atoms with E-state index in [9.17, 15) is 9.59 Å². The lowest BCUT2D eigenvalue weighted by Crippen LogP contribution is -2.48. The van der Waals surface area contributed by atoms with Gasteiger partial charge in [0.25, 0.3) is 5.91 Å². The summed E-state index contributed by atoms with van der Waals surface area (Å²) in [6.07, 6.45) is 2.39. The van der Waals surface area contributed by atoms with Crippen LogP contribution >= 0.6 is 0 Å². The summed E-state index contributed by atoms with van der Waals surface area (Å²) in [6, 6.07) is 9.42. The number of aromatic nitrogens is 2. The zero-order valence-electron chi connectivity index (χ0n) is 13.5. The normalized spacial score (nSPS) is 14.4. The quantitative estimate of drug-likeness (QED) is 0.861. The van der Waals surface area contributed by atoms with Crippen LogP contribution in [0.15, 0.2) is 36.5 Å². The van der Waals surface area contributed by atoms with E-state index in [1.807, 2.05) is 31.2 Å². The van der Waals surface area contributed by atoms with Crippen molar-refractivity contribution in [3.8, 4) is 0 Å². The smallest absolute Gasteiger partial charge is 0.272 e. The molecule has 0 unspecified atom stereocenters. The predicted octanol–water partition coefficient (Wildman–Crippen LogP) is 1.44. The first-order valence-corrected chi connectivity index (χ1v) is 7.81. The number of nitrogens with one attached hydrogen (secondary N) is 1. The van der Waals surface area contributed by atoms with E-state index in [0.717, 1.165) is 17.7 Å². The van der Waals surface area contributed by atoms with E-state index in [-0.39, 0.29) is 5.91 Å². The second-order valence-electron chi connectivity index (χ2n) is 5.64. The maximum absolute atomic E-state index is 12.6. The van der Waals surface area contributed by atoms with E-state index in [2.05, 4.69) is 15.3 Å². The van der Waals surface area contributed by atoms with E-state index in [1.165, 1.54) is 0 Å². The first kappa shape index (κ1) is 15.9. The lowest BCUT2D eigenvalue weighted by atomic mass is 10.2. The summed E-state index contributed by atoms with van der Waals surface area (Å²) in [4.78, 5) is 35.2. The molecule has 1 aromatic heterocycles. The third-order valence-corrected chi connectivity index (χ3v) is 4.02. The van der Waals surface area contributed by atoms with Crippen molar-refractivity contribution in [2.45, 2.75) is 6.92 Å². The second kappa shape index (κ2) is 7.08. The molecule has 1 saturated heterocycles. The fourth-order valence-electron chi connectivity index (χ4n) is 2.56. The minimum absolute atomic E-state index is 0.143. The minimum Gasteiger partial charge on any atom is -0.342 e. The van der Waals surface area contributed by atoms with Crippen LogP contribution in [0.25, 0.3) is 0 Å². The Labute approximate surface area is 140 Å². The highest BCUT2D eigenvalue weighted by molar-refractivity contribution is 5.92. The predicted molar refractivity (Wildman–Crippen MR) is 90.0 cm³/mol. The van der Waals surface area contributed by atoms with Gasteiger partial charge in [-0.3, -0.25) is 9.59 Å². The molecule has 1 fully saturated rings. The lowest BCUT2D eigenvalue weighted by molar-refractivity contribution is -0.119. The Bertz CT molecular complexity index is 741. The molecule has 3 rings (SSSR count). The highest BCUT2D eigenvalue weighted by Crippen LogP contribution is 2.17. The summed E-state index contributed by atoms with van der Waals surface area (Å²) < 4.78 is 0. The van der Waals surface area contributed by atoms with Crippen LogP contribution in [0.5, 0.6) is 0 Å². The minimum atomic E-state index is -0.143. The van der Waals surface area contributed by atoms with Gasteiger partial charge in [0.15, 0.2) is 0 Å². The number of amides is 2. The molecular formula is C17H19N5O2. The molecule has 0 saturated carbocycles. The molecule has 0 radical (unpaired) electrons.